The molecular weight excluding hydrogens is 385 g/mol. The van der Waals surface area contributed by atoms with Crippen molar-refractivity contribution in [3.8, 4) is 5.75 Å². The molecule has 138 valence electrons. The van der Waals surface area contributed by atoms with Gasteiger partial charge in [-0.3, -0.25) is 4.79 Å². The summed E-state index contributed by atoms with van der Waals surface area (Å²) in [6, 6.07) is 18.8. The molecule has 0 fully saturated rings. The molecule has 0 aromatic heterocycles. The van der Waals surface area contributed by atoms with Crippen LogP contribution in [0, 0.1) is 5.82 Å². The maximum atomic E-state index is 13.8. The number of benzene rings is 3. The van der Waals surface area contributed by atoms with Gasteiger partial charge in [-0.15, -0.1) is 11.8 Å². The Balaban J connectivity index is 1.77. The molecule has 27 heavy (non-hydrogen) atoms. The fourth-order valence-electron chi connectivity index (χ4n) is 2.48. The predicted octanol–water partition coefficient (Wildman–Crippen LogP) is 6.03. The molecule has 3 aromatic rings. The first-order valence-corrected chi connectivity index (χ1v) is 9.54. The van der Waals surface area contributed by atoms with Gasteiger partial charge in [0.25, 0.3) is 5.91 Å². The van der Waals surface area contributed by atoms with Crippen molar-refractivity contribution in [1.82, 2.24) is 0 Å². The van der Waals surface area contributed by atoms with E-state index in [2.05, 4.69) is 5.32 Å². The number of hydrogen-bond acceptors (Lipinski definition) is 3. The van der Waals surface area contributed by atoms with Crippen LogP contribution in [0.1, 0.15) is 15.9 Å². The lowest BCUT2D eigenvalue weighted by atomic mass is 10.1. The molecule has 0 heterocycles. The molecule has 1 N–H and O–H groups in total. The van der Waals surface area contributed by atoms with Crippen LogP contribution in [0.4, 0.5) is 10.1 Å². The zero-order chi connectivity index (χ0) is 19.2. The van der Waals surface area contributed by atoms with Crippen LogP contribution in [-0.2, 0) is 5.75 Å². The number of anilines is 1. The second-order valence-corrected chi connectivity index (χ2v) is 7.19. The van der Waals surface area contributed by atoms with Crippen molar-refractivity contribution in [1.29, 1.82) is 0 Å². The van der Waals surface area contributed by atoms with Gasteiger partial charge in [-0.2, -0.15) is 0 Å². The largest absolute Gasteiger partial charge is 0.496 e. The molecule has 6 heteroatoms. The van der Waals surface area contributed by atoms with Gasteiger partial charge in [-0.1, -0.05) is 23.7 Å². The molecule has 0 aliphatic carbocycles. The Morgan fingerprint density at radius 2 is 1.85 bits per heavy atom. The second-order valence-electron chi connectivity index (χ2n) is 5.70. The SMILES string of the molecule is COc1ccc(C(=O)Nc2ccccc2F)cc1CSc1ccc(Cl)cc1. The Bertz CT molecular complexity index is 947. The third-order valence-corrected chi connectivity index (χ3v) is 5.19. The number of ether oxygens (including phenoxy) is 1. The van der Waals surface area contributed by atoms with Crippen LogP contribution in [0.15, 0.2) is 71.6 Å². The third kappa shape index (κ3) is 5.02. The molecule has 0 spiro atoms. The maximum Gasteiger partial charge on any atom is 0.255 e. The molecule has 1 amide bonds. The maximum absolute atomic E-state index is 13.8. The van der Waals surface area contributed by atoms with E-state index in [-0.39, 0.29) is 11.6 Å². The summed E-state index contributed by atoms with van der Waals surface area (Å²) >= 11 is 7.52. The van der Waals surface area contributed by atoms with Gasteiger partial charge in [-0.05, 0) is 54.6 Å². The summed E-state index contributed by atoms with van der Waals surface area (Å²) in [5.41, 5.74) is 1.46. The summed E-state index contributed by atoms with van der Waals surface area (Å²) in [4.78, 5) is 13.5. The molecule has 0 atom stereocenters. The Morgan fingerprint density at radius 1 is 1.11 bits per heavy atom. The molecule has 0 unspecified atom stereocenters. The lowest BCUT2D eigenvalue weighted by Gasteiger charge is -2.11. The van der Waals surface area contributed by atoms with Gasteiger partial charge in [0.1, 0.15) is 11.6 Å². The van der Waals surface area contributed by atoms with Gasteiger partial charge < -0.3 is 10.1 Å². The Kier molecular flexibility index (Phi) is 6.37. The number of carbonyl (C=O) groups is 1. The average molecular weight is 402 g/mol. The minimum atomic E-state index is -0.474. The highest BCUT2D eigenvalue weighted by atomic mass is 35.5. The summed E-state index contributed by atoms with van der Waals surface area (Å²) < 4.78 is 19.2. The van der Waals surface area contributed by atoms with Crippen LogP contribution in [0.5, 0.6) is 5.75 Å². The van der Waals surface area contributed by atoms with Crippen molar-refractivity contribution in [3.63, 3.8) is 0 Å². The summed E-state index contributed by atoms with van der Waals surface area (Å²) in [6.45, 7) is 0. The number of rotatable bonds is 6. The fraction of sp³-hybridized carbons (Fsp3) is 0.0952. The zero-order valence-electron chi connectivity index (χ0n) is 14.5. The molecule has 3 rings (SSSR count). The van der Waals surface area contributed by atoms with Crippen LogP contribution in [-0.4, -0.2) is 13.0 Å². The predicted molar refractivity (Wildman–Crippen MR) is 108 cm³/mol. The first-order valence-electron chi connectivity index (χ1n) is 8.18. The Labute approximate surface area is 166 Å². The Hall–Kier alpha value is -2.50. The minimum absolute atomic E-state index is 0.149. The van der Waals surface area contributed by atoms with E-state index in [9.17, 15) is 9.18 Å². The summed E-state index contributed by atoms with van der Waals surface area (Å²) in [6.07, 6.45) is 0. The number of hydrogen-bond donors (Lipinski definition) is 1. The number of halogens is 2. The Morgan fingerprint density at radius 3 is 2.56 bits per heavy atom. The van der Waals surface area contributed by atoms with Crippen LogP contribution < -0.4 is 10.1 Å². The zero-order valence-corrected chi connectivity index (χ0v) is 16.1. The molecule has 0 radical (unpaired) electrons. The van der Waals surface area contributed by atoms with Crippen molar-refractivity contribution in [2.45, 2.75) is 10.6 Å². The summed E-state index contributed by atoms with van der Waals surface area (Å²) in [5, 5.41) is 3.28. The van der Waals surface area contributed by atoms with Crippen molar-refractivity contribution < 1.29 is 13.9 Å². The normalized spacial score (nSPS) is 10.5. The number of methoxy groups -OCH3 is 1. The molecule has 0 saturated heterocycles. The number of thioether (sulfide) groups is 1. The van der Waals surface area contributed by atoms with Gasteiger partial charge in [0.2, 0.25) is 0 Å². The molecule has 0 bridgehead atoms. The van der Waals surface area contributed by atoms with E-state index >= 15 is 0 Å². The number of para-hydroxylation sites is 1. The monoisotopic (exact) mass is 401 g/mol. The van der Waals surface area contributed by atoms with Gasteiger partial charge >= 0.3 is 0 Å². The highest BCUT2D eigenvalue weighted by molar-refractivity contribution is 7.98. The molecule has 0 saturated carbocycles. The van der Waals surface area contributed by atoms with E-state index in [0.29, 0.717) is 22.1 Å². The van der Waals surface area contributed by atoms with Gasteiger partial charge in [-0.25, -0.2) is 4.39 Å². The first kappa shape index (κ1) is 19.3. The molecular formula is C21H17ClFNO2S. The van der Waals surface area contributed by atoms with Crippen LogP contribution in [0.3, 0.4) is 0 Å². The van der Waals surface area contributed by atoms with E-state index in [0.717, 1.165) is 10.5 Å². The van der Waals surface area contributed by atoms with Crippen molar-refractivity contribution in [3.05, 3.63) is 88.7 Å². The number of amides is 1. The highest BCUT2D eigenvalue weighted by Gasteiger charge is 2.12. The van der Waals surface area contributed by atoms with E-state index in [1.165, 1.54) is 12.1 Å². The smallest absolute Gasteiger partial charge is 0.255 e. The average Bonchev–Trinajstić information content (AvgIpc) is 2.69. The van der Waals surface area contributed by atoms with Crippen LogP contribution in [0.25, 0.3) is 0 Å². The minimum Gasteiger partial charge on any atom is -0.496 e. The molecule has 0 aliphatic heterocycles. The number of nitrogens with one attached hydrogen (secondary N) is 1. The van der Waals surface area contributed by atoms with Crippen LogP contribution >= 0.6 is 23.4 Å². The number of carbonyl (C=O) groups excluding carboxylic acids is 1. The third-order valence-electron chi connectivity index (χ3n) is 3.87. The van der Waals surface area contributed by atoms with E-state index in [1.807, 2.05) is 24.3 Å². The lowest BCUT2D eigenvalue weighted by Crippen LogP contribution is -2.13. The van der Waals surface area contributed by atoms with Crippen molar-refractivity contribution >= 4 is 35.0 Å². The second kappa shape index (κ2) is 8.93. The summed E-state index contributed by atoms with van der Waals surface area (Å²) in [7, 11) is 1.59. The highest BCUT2D eigenvalue weighted by Crippen LogP contribution is 2.30. The van der Waals surface area contributed by atoms with Crippen molar-refractivity contribution in [2.24, 2.45) is 0 Å². The van der Waals surface area contributed by atoms with Gasteiger partial charge in [0.15, 0.2) is 0 Å². The van der Waals surface area contributed by atoms with Crippen LogP contribution in [0.2, 0.25) is 5.02 Å². The van der Waals surface area contributed by atoms with Gasteiger partial charge in [0, 0.05) is 26.8 Å². The standard InChI is InChI=1S/C21H17ClFNO2S/c1-26-20-11-6-14(21(25)24-19-5-3-2-4-18(19)23)12-15(20)13-27-17-9-7-16(22)8-10-17/h2-12H,13H2,1H3,(H,24,25). The molecule has 0 aliphatic rings. The quantitative estimate of drug-likeness (QED) is 0.512. The molecule has 3 aromatic carbocycles. The lowest BCUT2D eigenvalue weighted by molar-refractivity contribution is 0.102. The van der Waals surface area contributed by atoms with E-state index in [1.54, 1.807) is 49.2 Å². The van der Waals surface area contributed by atoms with E-state index < -0.39 is 5.82 Å². The fourth-order valence-corrected chi connectivity index (χ4v) is 3.48. The first-order chi connectivity index (χ1) is 13.1. The van der Waals surface area contributed by atoms with Crippen molar-refractivity contribution in [2.75, 3.05) is 12.4 Å². The van der Waals surface area contributed by atoms with Gasteiger partial charge in [0.05, 0.1) is 12.8 Å². The topological polar surface area (TPSA) is 38.3 Å². The summed E-state index contributed by atoms with van der Waals surface area (Å²) in [5.74, 6) is 0.461. The molecule has 3 nitrogen and oxygen atoms in total. The van der Waals surface area contributed by atoms with E-state index in [4.69, 9.17) is 16.3 Å².